The third kappa shape index (κ3) is 2.63. The Hall–Kier alpha value is -1.43. The molecule has 1 aromatic rings. The molecule has 1 unspecified atom stereocenters. The molecule has 0 aliphatic carbocycles. The summed E-state index contributed by atoms with van der Waals surface area (Å²) in [4.78, 5) is 25.2. The minimum atomic E-state index is -0.683. The van der Waals surface area contributed by atoms with Crippen LogP contribution in [0.3, 0.4) is 0 Å². The molecule has 102 valence electrons. The van der Waals surface area contributed by atoms with Crippen molar-refractivity contribution in [3.63, 3.8) is 0 Å². The number of halogens is 2. The second kappa shape index (κ2) is 5.28. The van der Waals surface area contributed by atoms with E-state index in [0.717, 1.165) is 0 Å². The topological polar surface area (TPSA) is 49.4 Å². The summed E-state index contributed by atoms with van der Waals surface area (Å²) in [5.74, 6) is -1.19. The van der Waals surface area contributed by atoms with E-state index in [1.54, 1.807) is 6.07 Å². The normalized spacial score (nSPS) is 19.8. The minimum Gasteiger partial charge on any atom is -0.345 e. The first-order chi connectivity index (χ1) is 8.91. The molecule has 1 saturated heterocycles. The van der Waals surface area contributed by atoms with Crippen LogP contribution in [0, 0.1) is 11.7 Å². The maximum absolute atomic E-state index is 14.0. The van der Waals surface area contributed by atoms with Gasteiger partial charge in [0.2, 0.25) is 11.8 Å². The van der Waals surface area contributed by atoms with Gasteiger partial charge in [-0.05, 0) is 24.1 Å². The molecule has 4 nitrogen and oxygen atoms in total. The first-order valence-corrected chi connectivity index (χ1v) is 6.76. The van der Waals surface area contributed by atoms with Crippen LogP contribution in [0.2, 0.25) is 0 Å². The van der Waals surface area contributed by atoms with Crippen molar-refractivity contribution in [2.24, 2.45) is 5.92 Å². The number of hydrogen-bond acceptors (Lipinski definition) is 2. The molecule has 0 radical (unpaired) electrons. The van der Waals surface area contributed by atoms with E-state index in [4.69, 9.17) is 0 Å². The number of hydrogen-bond donors (Lipinski definition) is 1. The summed E-state index contributed by atoms with van der Waals surface area (Å²) in [6.45, 7) is 3.55. The average Bonchev–Trinajstić information content (AvgIpc) is 2.32. The number of piperazine rings is 1. The van der Waals surface area contributed by atoms with Gasteiger partial charge in [0.25, 0.3) is 0 Å². The number of carbonyl (C=O) groups is 2. The van der Waals surface area contributed by atoms with Gasteiger partial charge < -0.3 is 5.32 Å². The zero-order chi connectivity index (χ0) is 14.2. The Kier molecular flexibility index (Phi) is 3.89. The zero-order valence-corrected chi connectivity index (χ0v) is 12.2. The summed E-state index contributed by atoms with van der Waals surface area (Å²) >= 11 is 3.17. The van der Waals surface area contributed by atoms with Crippen LogP contribution in [0.4, 0.5) is 10.1 Å². The van der Waals surface area contributed by atoms with Gasteiger partial charge in [0, 0.05) is 4.47 Å². The quantitative estimate of drug-likeness (QED) is 0.903. The van der Waals surface area contributed by atoms with Crippen LogP contribution in [-0.4, -0.2) is 24.4 Å². The maximum atomic E-state index is 14.0. The summed E-state index contributed by atoms with van der Waals surface area (Å²) in [5.41, 5.74) is 0.141. The number of nitrogens with zero attached hydrogens (tertiary/aromatic N) is 1. The number of nitrogens with one attached hydrogen (secondary N) is 1. The predicted octanol–water partition coefficient (Wildman–Crippen LogP) is 2.08. The van der Waals surface area contributed by atoms with Crippen molar-refractivity contribution in [3.8, 4) is 0 Å². The van der Waals surface area contributed by atoms with E-state index in [1.165, 1.54) is 17.0 Å². The highest BCUT2D eigenvalue weighted by Gasteiger charge is 2.38. The van der Waals surface area contributed by atoms with Gasteiger partial charge in [-0.25, -0.2) is 4.39 Å². The molecule has 1 aliphatic rings. The summed E-state index contributed by atoms with van der Waals surface area (Å²) in [6, 6.07) is 3.75. The zero-order valence-electron chi connectivity index (χ0n) is 10.6. The molecule has 1 aliphatic heterocycles. The summed E-state index contributed by atoms with van der Waals surface area (Å²) in [6.07, 6.45) is 0. The van der Waals surface area contributed by atoms with Crippen molar-refractivity contribution < 1.29 is 14.0 Å². The third-order valence-electron chi connectivity index (χ3n) is 3.03. The largest absolute Gasteiger partial charge is 0.345 e. The number of rotatable bonds is 2. The number of benzene rings is 1. The van der Waals surface area contributed by atoms with Crippen LogP contribution in [0.1, 0.15) is 13.8 Å². The molecule has 1 aromatic carbocycles. The fraction of sp³-hybridized carbons (Fsp3) is 0.385. The lowest BCUT2D eigenvalue weighted by atomic mass is 9.98. The van der Waals surface area contributed by atoms with Gasteiger partial charge in [0.15, 0.2) is 0 Å². The molecular weight excluding hydrogens is 315 g/mol. The van der Waals surface area contributed by atoms with Crippen LogP contribution in [-0.2, 0) is 9.59 Å². The molecule has 2 rings (SSSR count). The molecule has 0 aromatic heterocycles. The summed E-state index contributed by atoms with van der Waals surface area (Å²) in [7, 11) is 0. The van der Waals surface area contributed by atoms with Gasteiger partial charge in [-0.15, -0.1) is 0 Å². The van der Waals surface area contributed by atoms with Gasteiger partial charge in [-0.2, -0.15) is 0 Å². The highest BCUT2D eigenvalue weighted by molar-refractivity contribution is 9.10. The van der Waals surface area contributed by atoms with Crippen molar-refractivity contribution in [2.45, 2.75) is 19.9 Å². The lowest BCUT2D eigenvalue weighted by Crippen LogP contribution is -2.60. The Morgan fingerprint density at radius 3 is 2.68 bits per heavy atom. The Bertz CT molecular complexity index is 533. The van der Waals surface area contributed by atoms with Gasteiger partial charge in [-0.3, -0.25) is 14.5 Å². The van der Waals surface area contributed by atoms with Gasteiger partial charge >= 0.3 is 0 Å². The SMILES string of the molecule is CC(C)C1C(=O)NCC(=O)N1c1ccc(Br)cc1F. The van der Waals surface area contributed by atoms with Crippen molar-refractivity contribution in [2.75, 3.05) is 11.4 Å². The average molecular weight is 329 g/mol. The Balaban J connectivity index is 2.48. The molecule has 19 heavy (non-hydrogen) atoms. The predicted molar refractivity (Wildman–Crippen MR) is 73.2 cm³/mol. The monoisotopic (exact) mass is 328 g/mol. The molecule has 2 amide bonds. The Morgan fingerprint density at radius 2 is 2.11 bits per heavy atom. The summed E-state index contributed by atoms with van der Waals surface area (Å²) in [5, 5.41) is 2.53. The van der Waals surface area contributed by atoms with Crippen LogP contribution < -0.4 is 10.2 Å². The van der Waals surface area contributed by atoms with Crippen LogP contribution in [0.15, 0.2) is 22.7 Å². The first-order valence-electron chi connectivity index (χ1n) is 5.96. The van der Waals surface area contributed by atoms with E-state index in [9.17, 15) is 14.0 Å². The van der Waals surface area contributed by atoms with Crippen molar-refractivity contribution in [1.82, 2.24) is 5.32 Å². The molecule has 1 atom stereocenters. The van der Waals surface area contributed by atoms with Gasteiger partial charge in [0.1, 0.15) is 11.9 Å². The van der Waals surface area contributed by atoms with Crippen molar-refractivity contribution in [3.05, 3.63) is 28.5 Å². The first kappa shape index (κ1) is 14.0. The standard InChI is InChI=1S/C13H14BrFN2O2/c1-7(2)12-13(19)16-6-11(18)17(12)10-4-3-8(14)5-9(10)15/h3-5,7,12H,6H2,1-2H3,(H,16,19). The molecule has 1 N–H and O–H groups in total. The number of carbonyl (C=O) groups excluding carboxylic acids is 2. The Morgan fingerprint density at radius 1 is 1.42 bits per heavy atom. The van der Waals surface area contributed by atoms with E-state index < -0.39 is 11.9 Å². The molecule has 6 heteroatoms. The van der Waals surface area contributed by atoms with Crippen LogP contribution in [0.5, 0.6) is 0 Å². The maximum Gasteiger partial charge on any atom is 0.247 e. The molecule has 0 saturated carbocycles. The second-order valence-electron chi connectivity index (χ2n) is 4.77. The van der Waals surface area contributed by atoms with Crippen LogP contribution in [0.25, 0.3) is 0 Å². The van der Waals surface area contributed by atoms with E-state index in [1.807, 2.05) is 13.8 Å². The molecule has 1 heterocycles. The van der Waals surface area contributed by atoms with Gasteiger partial charge in [-0.1, -0.05) is 29.8 Å². The fourth-order valence-corrected chi connectivity index (χ4v) is 2.52. The molecule has 1 fully saturated rings. The van der Waals surface area contributed by atoms with E-state index >= 15 is 0 Å². The highest BCUT2D eigenvalue weighted by atomic mass is 79.9. The summed E-state index contributed by atoms with van der Waals surface area (Å²) < 4.78 is 14.6. The lowest BCUT2D eigenvalue weighted by Gasteiger charge is -2.37. The van der Waals surface area contributed by atoms with Crippen LogP contribution >= 0.6 is 15.9 Å². The van der Waals surface area contributed by atoms with E-state index in [2.05, 4.69) is 21.2 Å². The van der Waals surface area contributed by atoms with Crippen molar-refractivity contribution >= 4 is 33.4 Å². The van der Waals surface area contributed by atoms with Gasteiger partial charge in [0.05, 0.1) is 12.2 Å². The lowest BCUT2D eigenvalue weighted by molar-refractivity contribution is -0.131. The molecule has 0 spiro atoms. The Labute approximate surface area is 119 Å². The van der Waals surface area contributed by atoms with E-state index in [0.29, 0.717) is 4.47 Å². The highest BCUT2D eigenvalue weighted by Crippen LogP contribution is 2.28. The number of amides is 2. The van der Waals surface area contributed by atoms with E-state index in [-0.39, 0.29) is 30.0 Å². The minimum absolute atomic E-state index is 0.0996. The third-order valence-corrected chi connectivity index (χ3v) is 3.52. The number of anilines is 1. The smallest absolute Gasteiger partial charge is 0.247 e. The molecule has 0 bridgehead atoms. The van der Waals surface area contributed by atoms with Crippen molar-refractivity contribution in [1.29, 1.82) is 0 Å². The second-order valence-corrected chi connectivity index (χ2v) is 5.68. The molecular formula is C13H14BrFN2O2. The fourth-order valence-electron chi connectivity index (χ4n) is 2.19.